The number of carbonyl (C=O) groups is 1. The second-order valence-electron chi connectivity index (χ2n) is 6.18. The predicted octanol–water partition coefficient (Wildman–Crippen LogP) is 1.64. The van der Waals surface area contributed by atoms with Crippen LogP contribution in [-0.4, -0.2) is 36.6 Å². The highest BCUT2D eigenvalue weighted by atomic mass is 32.2. The molecule has 0 aliphatic heterocycles. The molecule has 0 bridgehead atoms. The average Bonchev–Trinajstić information content (AvgIpc) is 3.25. The van der Waals surface area contributed by atoms with E-state index in [0.29, 0.717) is 29.1 Å². The molecule has 11 heteroatoms. The Labute approximate surface area is 173 Å². The Bertz CT molecular complexity index is 1120. The zero-order valence-corrected chi connectivity index (χ0v) is 17.3. The average molecular weight is 431 g/mol. The van der Waals surface area contributed by atoms with Crippen LogP contribution in [0.4, 0.5) is 0 Å². The fourth-order valence-electron chi connectivity index (χ4n) is 2.56. The number of aromatic nitrogens is 3. The van der Waals surface area contributed by atoms with Gasteiger partial charge in [-0.1, -0.05) is 12.1 Å². The van der Waals surface area contributed by atoms with Gasteiger partial charge in [-0.25, -0.2) is 13.1 Å². The summed E-state index contributed by atoms with van der Waals surface area (Å²) >= 11 is 0. The summed E-state index contributed by atoms with van der Waals surface area (Å²) in [6.07, 6.45) is 3.52. The molecule has 1 amide bonds. The number of hydrogen-bond donors (Lipinski definition) is 2. The van der Waals surface area contributed by atoms with Gasteiger partial charge in [0, 0.05) is 36.5 Å². The molecule has 30 heavy (non-hydrogen) atoms. The van der Waals surface area contributed by atoms with E-state index in [1.54, 1.807) is 31.5 Å². The number of nitrogens with one attached hydrogen (secondary N) is 2. The molecule has 0 aliphatic rings. The summed E-state index contributed by atoms with van der Waals surface area (Å²) in [7, 11) is -2.39. The van der Waals surface area contributed by atoms with Gasteiger partial charge in [0.2, 0.25) is 27.6 Å². The molecule has 2 heterocycles. The van der Waals surface area contributed by atoms with Crippen molar-refractivity contribution >= 4 is 15.9 Å². The number of carbonyl (C=O) groups excluding carboxylic acids is 1. The number of hydrogen-bond acceptors (Lipinski definition) is 8. The lowest BCUT2D eigenvalue weighted by atomic mass is 10.2. The number of sulfonamides is 1. The molecule has 0 radical (unpaired) electrons. The molecule has 0 saturated carbocycles. The first-order valence-corrected chi connectivity index (χ1v) is 10.6. The Morgan fingerprint density at radius 2 is 1.93 bits per heavy atom. The van der Waals surface area contributed by atoms with Crippen molar-refractivity contribution in [2.24, 2.45) is 0 Å². The number of ether oxygens (including phenoxy) is 1. The summed E-state index contributed by atoms with van der Waals surface area (Å²) < 4.78 is 38.2. The van der Waals surface area contributed by atoms with Gasteiger partial charge in [-0.2, -0.15) is 4.98 Å². The van der Waals surface area contributed by atoms with Crippen LogP contribution < -0.4 is 14.8 Å². The number of rotatable bonds is 9. The third-order valence-electron chi connectivity index (χ3n) is 4.18. The molecule has 2 N–H and O–H groups in total. The van der Waals surface area contributed by atoms with E-state index in [9.17, 15) is 13.2 Å². The Morgan fingerprint density at radius 1 is 1.17 bits per heavy atom. The Hall–Kier alpha value is -3.31. The monoisotopic (exact) mass is 431 g/mol. The lowest BCUT2D eigenvalue weighted by molar-refractivity contribution is -0.120. The molecule has 0 saturated heterocycles. The summed E-state index contributed by atoms with van der Waals surface area (Å²) in [5.41, 5.74) is 1.25. The molecule has 0 aliphatic carbocycles. The van der Waals surface area contributed by atoms with E-state index in [4.69, 9.17) is 9.26 Å². The SMILES string of the molecule is CCC(=O)NCc1cc(S(=O)(=O)NCc2nc(-c3ccncc3)no2)ccc1OC. The van der Waals surface area contributed by atoms with Crippen LogP contribution in [0.3, 0.4) is 0 Å². The fraction of sp³-hybridized carbons (Fsp3) is 0.263. The molecule has 10 nitrogen and oxygen atoms in total. The lowest BCUT2D eigenvalue weighted by Gasteiger charge is -2.12. The van der Waals surface area contributed by atoms with Crippen molar-refractivity contribution in [2.75, 3.05) is 7.11 Å². The maximum Gasteiger partial charge on any atom is 0.242 e. The Morgan fingerprint density at radius 3 is 2.63 bits per heavy atom. The van der Waals surface area contributed by atoms with E-state index in [0.717, 1.165) is 0 Å². The van der Waals surface area contributed by atoms with Crippen molar-refractivity contribution in [1.82, 2.24) is 25.2 Å². The van der Waals surface area contributed by atoms with Gasteiger partial charge in [-0.05, 0) is 30.3 Å². The van der Waals surface area contributed by atoms with Crippen molar-refractivity contribution in [3.05, 3.63) is 54.2 Å². The molecule has 3 aromatic rings. The number of amides is 1. The van der Waals surface area contributed by atoms with Gasteiger partial charge in [0.1, 0.15) is 5.75 Å². The third kappa shape index (κ3) is 5.19. The van der Waals surface area contributed by atoms with Crippen LogP contribution in [0.2, 0.25) is 0 Å². The zero-order chi connectivity index (χ0) is 21.6. The van der Waals surface area contributed by atoms with Crippen molar-refractivity contribution in [3.8, 4) is 17.1 Å². The molecule has 0 fully saturated rings. The highest BCUT2D eigenvalue weighted by Crippen LogP contribution is 2.23. The van der Waals surface area contributed by atoms with Crippen LogP contribution in [0.15, 0.2) is 52.1 Å². The van der Waals surface area contributed by atoms with Crippen molar-refractivity contribution < 1.29 is 22.5 Å². The van der Waals surface area contributed by atoms with Gasteiger partial charge in [-0.3, -0.25) is 9.78 Å². The second-order valence-corrected chi connectivity index (χ2v) is 7.94. The number of pyridine rings is 1. The van der Waals surface area contributed by atoms with Crippen LogP contribution >= 0.6 is 0 Å². The quantitative estimate of drug-likeness (QED) is 0.522. The minimum atomic E-state index is -3.86. The maximum absolute atomic E-state index is 12.7. The first-order chi connectivity index (χ1) is 14.4. The van der Waals surface area contributed by atoms with Crippen molar-refractivity contribution in [3.63, 3.8) is 0 Å². The largest absolute Gasteiger partial charge is 0.496 e. The molecule has 0 unspecified atom stereocenters. The van der Waals surface area contributed by atoms with Gasteiger partial charge < -0.3 is 14.6 Å². The Balaban J connectivity index is 1.72. The van der Waals surface area contributed by atoms with E-state index in [-0.39, 0.29) is 29.8 Å². The van der Waals surface area contributed by atoms with Crippen LogP contribution in [-0.2, 0) is 27.9 Å². The highest BCUT2D eigenvalue weighted by Gasteiger charge is 2.18. The van der Waals surface area contributed by atoms with Crippen molar-refractivity contribution in [2.45, 2.75) is 31.3 Å². The second kappa shape index (κ2) is 9.46. The lowest BCUT2D eigenvalue weighted by Crippen LogP contribution is -2.24. The molecule has 158 valence electrons. The van der Waals surface area contributed by atoms with Crippen LogP contribution in [0.1, 0.15) is 24.8 Å². The van der Waals surface area contributed by atoms with Crippen LogP contribution in [0.5, 0.6) is 5.75 Å². The summed E-state index contributed by atoms with van der Waals surface area (Å²) in [6, 6.07) is 7.84. The first kappa shape index (κ1) is 21.4. The normalized spacial score (nSPS) is 11.3. The Kier molecular flexibility index (Phi) is 6.75. The highest BCUT2D eigenvalue weighted by molar-refractivity contribution is 7.89. The van der Waals surface area contributed by atoms with Gasteiger partial charge in [0.15, 0.2) is 0 Å². The van der Waals surface area contributed by atoms with E-state index in [2.05, 4.69) is 25.2 Å². The van der Waals surface area contributed by atoms with Gasteiger partial charge >= 0.3 is 0 Å². The maximum atomic E-state index is 12.7. The number of nitrogens with zero attached hydrogens (tertiary/aromatic N) is 3. The summed E-state index contributed by atoms with van der Waals surface area (Å²) in [5, 5.41) is 6.55. The van der Waals surface area contributed by atoms with E-state index < -0.39 is 10.0 Å². The summed E-state index contributed by atoms with van der Waals surface area (Å²) in [6.45, 7) is 1.71. The molecule has 0 atom stereocenters. The van der Waals surface area contributed by atoms with E-state index >= 15 is 0 Å². The predicted molar refractivity (Wildman–Crippen MR) is 107 cm³/mol. The van der Waals surface area contributed by atoms with Crippen molar-refractivity contribution in [1.29, 1.82) is 0 Å². The molecular weight excluding hydrogens is 410 g/mol. The van der Waals surface area contributed by atoms with Gasteiger partial charge in [0.05, 0.1) is 18.6 Å². The smallest absolute Gasteiger partial charge is 0.242 e. The van der Waals surface area contributed by atoms with Crippen LogP contribution in [0.25, 0.3) is 11.4 Å². The fourth-order valence-corrected chi connectivity index (χ4v) is 3.59. The topological polar surface area (TPSA) is 136 Å². The minimum absolute atomic E-state index is 0.0259. The van der Waals surface area contributed by atoms with E-state index in [1.165, 1.54) is 25.3 Å². The number of methoxy groups -OCH3 is 1. The first-order valence-electron chi connectivity index (χ1n) is 9.09. The standard InChI is InChI=1S/C19H21N5O5S/c1-3-17(25)21-11-14-10-15(4-5-16(14)28-2)30(26,27)22-12-18-23-19(24-29-18)13-6-8-20-9-7-13/h4-10,22H,3,11-12H2,1-2H3,(H,21,25). The number of benzene rings is 1. The van der Waals surface area contributed by atoms with Crippen LogP contribution in [0, 0.1) is 0 Å². The molecule has 3 rings (SSSR count). The molecule has 1 aromatic carbocycles. The molecule has 2 aromatic heterocycles. The molecule has 0 spiro atoms. The van der Waals surface area contributed by atoms with E-state index in [1.807, 2.05) is 0 Å². The summed E-state index contributed by atoms with van der Waals surface area (Å²) in [5.74, 6) is 0.786. The zero-order valence-electron chi connectivity index (χ0n) is 16.5. The minimum Gasteiger partial charge on any atom is -0.496 e. The third-order valence-corrected chi connectivity index (χ3v) is 5.58. The van der Waals surface area contributed by atoms with Gasteiger partial charge in [-0.15, -0.1) is 0 Å². The molecular formula is C19H21N5O5S. The summed E-state index contributed by atoms with van der Waals surface area (Å²) in [4.78, 5) is 19.6. The van der Waals surface area contributed by atoms with Gasteiger partial charge in [0.25, 0.3) is 0 Å².